The first-order valence-electron chi connectivity index (χ1n) is 6.26. The predicted octanol–water partition coefficient (Wildman–Crippen LogP) is 0.413. The summed E-state index contributed by atoms with van der Waals surface area (Å²) in [6.07, 6.45) is -0.571. The molecule has 1 amide bonds. The van der Waals surface area contributed by atoms with Gasteiger partial charge < -0.3 is 20.1 Å². The number of aliphatic hydroxyl groups excluding tert-OH is 1. The van der Waals surface area contributed by atoms with Crippen molar-refractivity contribution >= 4 is 5.91 Å². The van der Waals surface area contributed by atoms with Crippen molar-refractivity contribution in [3.8, 4) is 5.75 Å². The van der Waals surface area contributed by atoms with Gasteiger partial charge in [0, 0.05) is 13.1 Å². The Labute approximate surface area is 114 Å². The second-order valence-electron chi connectivity index (χ2n) is 4.83. The van der Waals surface area contributed by atoms with Crippen LogP contribution in [0.2, 0.25) is 0 Å². The number of nitrogens with one attached hydrogen (secondary N) is 1. The minimum absolute atomic E-state index is 0.0435. The minimum Gasteiger partial charge on any atom is -0.484 e. The molecule has 0 fully saturated rings. The third-order valence-electron chi connectivity index (χ3n) is 2.47. The summed E-state index contributed by atoms with van der Waals surface area (Å²) in [5, 5.41) is 12.2. The number of hydrogen-bond acceptors (Lipinski definition) is 4. The molecule has 1 unspecified atom stereocenters. The summed E-state index contributed by atoms with van der Waals surface area (Å²) in [6, 6.07) is 7.52. The molecule has 0 saturated heterocycles. The zero-order chi connectivity index (χ0) is 14.3. The fraction of sp³-hybridized carbons (Fsp3) is 0.500. The van der Waals surface area contributed by atoms with Crippen LogP contribution in [-0.4, -0.2) is 55.8 Å². The molecule has 0 aliphatic carbocycles. The molecule has 0 aliphatic rings. The maximum absolute atomic E-state index is 11.5. The molecular formula is C14H22N2O3. The van der Waals surface area contributed by atoms with Crippen molar-refractivity contribution in [2.24, 2.45) is 0 Å². The van der Waals surface area contributed by atoms with Crippen LogP contribution in [0.15, 0.2) is 24.3 Å². The standard InChI is InChI=1S/C14H22N2O3/c1-11-5-4-6-13(7-11)19-10-14(18)15-8-12(17)9-16(2)3/h4-7,12,17H,8-10H2,1-3H3,(H,15,18). The van der Waals surface area contributed by atoms with E-state index in [2.05, 4.69) is 5.32 Å². The van der Waals surface area contributed by atoms with Gasteiger partial charge in [0.2, 0.25) is 0 Å². The topological polar surface area (TPSA) is 61.8 Å². The van der Waals surface area contributed by atoms with Gasteiger partial charge in [0.1, 0.15) is 5.75 Å². The third kappa shape index (κ3) is 6.79. The normalized spacial score (nSPS) is 12.3. The van der Waals surface area contributed by atoms with Gasteiger partial charge in [-0.1, -0.05) is 12.1 Å². The lowest BCUT2D eigenvalue weighted by Gasteiger charge is -2.16. The molecule has 1 aromatic carbocycles. The monoisotopic (exact) mass is 266 g/mol. The van der Waals surface area contributed by atoms with Crippen LogP contribution in [0.1, 0.15) is 5.56 Å². The van der Waals surface area contributed by atoms with Gasteiger partial charge >= 0.3 is 0 Å². The van der Waals surface area contributed by atoms with Crippen molar-refractivity contribution < 1.29 is 14.6 Å². The number of amides is 1. The van der Waals surface area contributed by atoms with Gasteiger partial charge in [-0.25, -0.2) is 0 Å². The average Bonchev–Trinajstić information content (AvgIpc) is 2.33. The number of carbonyl (C=O) groups excluding carboxylic acids is 1. The molecule has 0 aromatic heterocycles. The zero-order valence-corrected chi connectivity index (χ0v) is 11.7. The Hall–Kier alpha value is -1.59. The number of benzene rings is 1. The van der Waals surface area contributed by atoms with E-state index in [0.29, 0.717) is 12.3 Å². The van der Waals surface area contributed by atoms with Crippen LogP contribution in [-0.2, 0) is 4.79 Å². The second-order valence-corrected chi connectivity index (χ2v) is 4.83. The van der Waals surface area contributed by atoms with Crippen LogP contribution in [0, 0.1) is 6.92 Å². The first-order valence-corrected chi connectivity index (χ1v) is 6.26. The highest BCUT2D eigenvalue weighted by Gasteiger charge is 2.08. The van der Waals surface area contributed by atoms with Crippen LogP contribution in [0.5, 0.6) is 5.75 Å². The van der Waals surface area contributed by atoms with Crippen molar-refractivity contribution in [3.63, 3.8) is 0 Å². The highest BCUT2D eigenvalue weighted by Crippen LogP contribution is 2.11. The van der Waals surface area contributed by atoms with Crippen molar-refractivity contribution in [1.29, 1.82) is 0 Å². The Bertz CT molecular complexity index is 407. The van der Waals surface area contributed by atoms with Gasteiger partial charge in [0.25, 0.3) is 5.91 Å². The number of likely N-dealkylation sites (N-methyl/N-ethyl adjacent to an activating group) is 1. The first kappa shape index (κ1) is 15.5. The number of rotatable bonds is 7. The summed E-state index contributed by atoms with van der Waals surface area (Å²) in [5.74, 6) is 0.434. The molecule has 106 valence electrons. The predicted molar refractivity (Wildman–Crippen MR) is 74.2 cm³/mol. The van der Waals surface area contributed by atoms with E-state index in [1.54, 1.807) is 6.07 Å². The van der Waals surface area contributed by atoms with Crippen LogP contribution >= 0.6 is 0 Å². The van der Waals surface area contributed by atoms with E-state index in [-0.39, 0.29) is 19.1 Å². The van der Waals surface area contributed by atoms with E-state index in [1.165, 1.54) is 0 Å². The summed E-state index contributed by atoms with van der Waals surface area (Å²) in [4.78, 5) is 13.4. The first-order chi connectivity index (χ1) is 8.97. The maximum atomic E-state index is 11.5. The fourth-order valence-electron chi connectivity index (χ4n) is 1.62. The molecule has 0 bridgehead atoms. The van der Waals surface area contributed by atoms with Gasteiger partial charge in [-0.3, -0.25) is 4.79 Å². The van der Waals surface area contributed by atoms with Crippen LogP contribution in [0.25, 0.3) is 0 Å². The quantitative estimate of drug-likeness (QED) is 0.750. The van der Waals surface area contributed by atoms with Crippen LogP contribution < -0.4 is 10.1 Å². The summed E-state index contributed by atoms with van der Waals surface area (Å²) >= 11 is 0. The Morgan fingerprint density at radius 1 is 1.47 bits per heavy atom. The molecule has 0 radical (unpaired) electrons. The van der Waals surface area contributed by atoms with Crippen LogP contribution in [0.4, 0.5) is 0 Å². The molecule has 0 aliphatic heterocycles. The number of nitrogens with zero attached hydrogens (tertiary/aromatic N) is 1. The van der Waals surface area contributed by atoms with Crippen molar-refractivity contribution in [2.75, 3.05) is 33.8 Å². The lowest BCUT2D eigenvalue weighted by atomic mass is 10.2. The van der Waals surface area contributed by atoms with Crippen molar-refractivity contribution in [3.05, 3.63) is 29.8 Å². The molecule has 0 saturated carbocycles. The summed E-state index contributed by atoms with van der Waals surface area (Å²) < 4.78 is 5.36. The number of hydrogen-bond donors (Lipinski definition) is 2. The average molecular weight is 266 g/mol. The van der Waals surface area contributed by atoms with E-state index in [4.69, 9.17) is 4.74 Å². The second kappa shape index (κ2) is 7.76. The van der Waals surface area contributed by atoms with Gasteiger partial charge in [0.15, 0.2) is 6.61 Å². The van der Waals surface area contributed by atoms with Crippen molar-refractivity contribution in [2.45, 2.75) is 13.0 Å². The van der Waals surface area contributed by atoms with E-state index >= 15 is 0 Å². The molecule has 0 heterocycles. The number of carbonyl (C=O) groups is 1. The van der Waals surface area contributed by atoms with Gasteiger partial charge in [-0.05, 0) is 38.7 Å². The molecule has 1 aromatic rings. The summed E-state index contributed by atoms with van der Waals surface area (Å²) in [5.41, 5.74) is 1.08. The molecule has 1 atom stereocenters. The molecule has 1 rings (SSSR count). The highest BCUT2D eigenvalue weighted by atomic mass is 16.5. The van der Waals surface area contributed by atoms with Crippen LogP contribution in [0.3, 0.4) is 0 Å². The van der Waals surface area contributed by atoms with Gasteiger partial charge in [0.05, 0.1) is 6.10 Å². The van der Waals surface area contributed by atoms with E-state index < -0.39 is 6.10 Å². The Kier molecular flexibility index (Phi) is 6.32. The maximum Gasteiger partial charge on any atom is 0.258 e. The zero-order valence-electron chi connectivity index (χ0n) is 11.7. The van der Waals surface area contributed by atoms with Gasteiger partial charge in [-0.15, -0.1) is 0 Å². The lowest BCUT2D eigenvalue weighted by Crippen LogP contribution is -2.39. The highest BCUT2D eigenvalue weighted by molar-refractivity contribution is 5.77. The SMILES string of the molecule is Cc1cccc(OCC(=O)NCC(O)CN(C)C)c1. The van der Waals surface area contributed by atoms with E-state index in [9.17, 15) is 9.90 Å². The molecule has 5 heteroatoms. The number of aryl methyl sites for hydroxylation is 1. The lowest BCUT2D eigenvalue weighted by molar-refractivity contribution is -0.123. The van der Waals surface area contributed by atoms with E-state index in [0.717, 1.165) is 5.56 Å². The molecule has 2 N–H and O–H groups in total. The molecule has 5 nitrogen and oxygen atoms in total. The summed E-state index contributed by atoms with van der Waals surface area (Å²) in [6.45, 7) is 2.66. The Morgan fingerprint density at radius 2 is 2.21 bits per heavy atom. The Balaban J connectivity index is 2.25. The molecule has 19 heavy (non-hydrogen) atoms. The fourth-order valence-corrected chi connectivity index (χ4v) is 1.62. The number of aliphatic hydroxyl groups is 1. The molecular weight excluding hydrogens is 244 g/mol. The molecule has 0 spiro atoms. The smallest absolute Gasteiger partial charge is 0.258 e. The van der Waals surface area contributed by atoms with Gasteiger partial charge in [-0.2, -0.15) is 0 Å². The van der Waals surface area contributed by atoms with Crippen molar-refractivity contribution in [1.82, 2.24) is 10.2 Å². The largest absolute Gasteiger partial charge is 0.484 e. The minimum atomic E-state index is -0.571. The van der Waals surface area contributed by atoms with E-state index in [1.807, 2.05) is 44.1 Å². The third-order valence-corrected chi connectivity index (χ3v) is 2.47. The Morgan fingerprint density at radius 3 is 2.84 bits per heavy atom. The summed E-state index contributed by atoms with van der Waals surface area (Å²) in [7, 11) is 3.73. The number of ether oxygens (including phenoxy) is 1.